The van der Waals surface area contributed by atoms with Crippen LogP contribution in [0.3, 0.4) is 0 Å². The molecule has 2 atom stereocenters. The molecule has 0 aliphatic heterocycles. The number of likely N-dealkylation sites (N-methyl/N-ethyl adjacent to an activating group) is 1. The summed E-state index contributed by atoms with van der Waals surface area (Å²) in [6.45, 7) is 4.04. The molecule has 0 aromatic heterocycles. The molecular weight excluding hydrogens is 786 g/mol. The monoisotopic (exact) mass is 874 g/mol. The van der Waals surface area contributed by atoms with E-state index in [1.807, 2.05) is 27.2 Å². The summed E-state index contributed by atoms with van der Waals surface area (Å²) in [4.78, 5) is 37.6. The Bertz CT molecular complexity index is 1310. The van der Waals surface area contributed by atoms with Crippen LogP contribution in [0.15, 0.2) is 85.1 Å². The van der Waals surface area contributed by atoms with Crippen LogP contribution in [0.5, 0.6) is 0 Å². The molecule has 0 saturated carbocycles. The Hall–Kier alpha value is -2.81. The molecule has 0 aliphatic rings. The Morgan fingerprint density at radius 3 is 1.38 bits per heavy atom. The molecule has 10 heteroatoms. The van der Waals surface area contributed by atoms with Gasteiger partial charge in [0.1, 0.15) is 19.8 Å². The van der Waals surface area contributed by atoms with E-state index in [0.717, 1.165) is 64.2 Å². The van der Waals surface area contributed by atoms with Crippen LogP contribution in [-0.4, -0.2) is 70.0 Å². The van der Waals surface area contributed by atoms with Gasteiger partial charge in [-0.15, -0.1) is 0 Å². The van der Waals surface area contributed by atoms with Crippen LogP contribution in [0, 0.1) is 0 Å². The quantitative estimate of drug-likeness (QED) is 0.0196. The average Bonchev–Trinajstić information content (AvgIpc) is 3.21. The van der Waals surface area contributed by atoms with Gasteiger partial charge >= 0.3 is 11.9 Å². The minimum absolute atomic E-state index is 0.0451. The number of unbranched alkanes of at least 4 members (excludes halogenated alkanes) is 14. The third kappa shape index (κ3) is 46.5. The van der Waals surface area contributed by atoms with Gasteiger partial charge in [-0.2, -0.15) is 0 Å². The molecule has 0 saturated heterocycles. The molecule has 0 heterocycles. The summed E-state index contributed by atoms with van der Waals surface area (Å²) in [6.07, 6.45) is 54.8. The van der Waals surface area contributed by atoms with E-state index in [1.165, 1.54) is 70.6 Å². The summed E-state index contributed by atoms with van der Waals surface area (Å²) in [7, 11) is 1.12. The Kier molecular flexibility index (Phi) is 40.5. The van der Waals surface area contributed by atoms with Crippen molar-refractivity contribution in [3.63, 3.8) is 0 Å². The number of carbonyl (C=O) groups is 2. The lowest BCUT2D eigenvalue weighted by Gasteiger charge is -2.28. The van der Waals surface area contributed by atoms with E-state index in [1.54, 1.807) is 0 Å². The zero-order valence-electron chi connectivity index (χ0n) is 39.3. The fourth-order valence-electron chi connectivity index (χ4n) is 6.00. The van der Waals surface area contributed by atoms with Gasteiger partial charge in [0.05, 0.1) is 27.7 Å². The smallest absolute Gasteiger partial charge is 0.306 e. The molecular formula is C51H88NO8P. The van der Waals surface area contributed by atoms with Crippen molar-refractivity contribution in [3.05, 3.63) is 85.1 Å². The van der Waals surface area contributed by atoms with Crippen LogP contribution in [-0.2, 0) is 32.7 Å². The fraction of sp³-hybridized carbons (Fsp3) is 0.686. The molecule has 0 spiro atoms. The van der Waals surface area contributed by atoms with Gasteiger partial charge in [0.25, 0.3) is 7.82 Å². The van der Waals surface area contributed by atoms with Crippen molar-refractivity contribution in [2.45, 2.75) is 180 Å². The highest BCUT2D eigenvalue weighted by molar-refractivity contribution is 7.45. The second-order valence-corrected chi connectivity index (χ2v) is 18.2. The van der Waals surface area contributed by atoms with E-state index in [4.69, 9.17) is 18.5 Å². The molecule has 0 aromatic carbocycles. The molecule has 0 amide bonds. The number of phosphoric acid groups is 1. The molecule has 2 unspecified atom stereocenters. The van der Waals surface area contributed by atoms with Gasteiger partial charge < -0.3 is 27.9 Å². The van der Waals surface area contributed by atoms with E-state index in [9.17, 15) is 19.0 Å². The molecule has 350 valence electrons. The van der Waals surface area contributed by atoms with E-state index < -0.39 is 32.5 Å². The van der Waals surface area contributed by atoms with Crippen molar-refractivity contribution in [1.29, 1.82) is 0 Å². The van der Waals surface area contributed by atoms with Crippen molar-refractivity contribution in [2.24, 2.45) is 0 Å². The van der Waals surface area contributed by atoms with Crippen molar-refractivity contribution in [1.82, 2.24) is 0 Å². The number of nitrogens with zero attached hydrogens (tertiary/aromatic N) is 1. The summed E-state index contributed by atoms with van der Waals surface area (Å²) in [5.41, 5.74) is 0. The number of allylic oxidation sites excluding steroid dienone is 14. The lowest BCUT2D eigenvalue weighted by molar-refractivity contribution is -0.870. The Labute approximate surface area is 373 Å². The highest BCUT2D eigenvalue weighted by atomic mass is 31.2. The first kappa shape index (κ1) is 58.2. The lowest BCUT2D eigenvalue weighted by Crippen LogP contribution is -2.37. The lowest BCUT2D eigenvalue weighted by atomic mass is 10.0. The third-order valence-corrected chi connectivity index (χ3v) is 10.6. The maximum Gasteiger partial charge on any atom is 0.306 e. The SMILES string of the molecule is CC/C=C\C/C=C\C/C=C\C/C=C\C/C=C\C/C=C\C/C=C\CCCC(=O)OC(COC(=O)CCCCCCCCCCCCCCCC)COP(=O)([O-])OCC[N+](C)(C)C. The first-order valence-corrected chi connectivity index (χ1v) is 25.3. The van der Waals surface area contributed by atoms with Crippen LogP contribution in [0.4, 0.5) is 0 Å². The van der Waals surface area contributed by atoms with Crippen LogP contribution in [0.1, 0.15) is 174 Å². The maximum absolute atomic E-state index is 12.7. The standard InChI is InChI=1S/C51H88NO8P/c1-6-8-10-12-14-16-18-20-22-23-24-25-26-27-28-29-30-32-34-36-38-40-42-44-51(54)60-49(48-59-61(55,56)58-46-45-52(3,4)5)47-57-50(53)43-41-39-37-35-33-31-21-19-17-15-13-11-9-7-2/h8,10,14,16,20,22,24-25,27-28,30,32,36,38,49H,6-7,9,11-13,15,17-19,21,23,26,29,31,33-35,37,39-48H2,1-5H3/b10-8-,16-14-,22-20-,25-24-,28-27-,32-30-,38-36-. The Balaban J connectivity index is 4.43. The second kappa shape index (κ2) is 42.5. The van der Waals surface area contributed by atoms with Gasteiger partial charge in [0.15, 0.2) is 6.10 Å². The van der Waals surface area contributed by atoms with Gasteiger partial charge in [-0.1, -0.05) is 182 Å². The topological polar surface area (TPSA) is 111 Å². The predicted molar refractivity (Wildman–Crippen MR) is 254 cm³/mol. The molecule has 0 aliphatic carbocycles. The minimum atomic E-state index is -4.65. The third-order valence-electron chi connectivity index (χ3n) is 9.68. The van der Waals surface area contributed by atoms with Crippen molar-refractivity contribution in [3.8, 4) is 0 Å². The van der Waals surface area contributed by atoms with E-state index in [2.05, 4.69) is 92.8 Å². The summed E-state index contributed by atoms with van der Waals surface area (Å²) in [5, 5.41) is 0. The molecule has 0 fully saturated rings. The van der Waals surface area contributed by atoms with Crippen LogP contribution >= 0.6 is 7.82 Å². The molecule has 0 aromatic rings. The van der Waals surface area contributed by atoms with E-state index >= 15 is 0 Å². The molecule has 0 bridgehead atoms. The summed E-state index contributed by atoms with van der Waals surface area (Å²) >= 11 is 0. The number of esters is 2. The van der Waals surface area contributed by atoms with E-state index in [0.29, 0.717) is 23.9 Å². The van der Waals surface area contributed by atoms with Crippen molar-refractivity contribution in [2.75, 3.05) is 47.5 Å². The Morgan fingerprint density at radius 1 is 0.525 bits per heavy atom. The maximum atomic E-state index is 12.7. The van der Waals surface area contributed by atoms with Gasteiger partial charge in [-0.25, -0.2) is 0 Å². The summed E-state index contributed by atoms with van der Waals surface area (Å²) in [5.74, 6) is -0.907. The molecule has 0 rings (SSSR count). The zero-order valence-corrected chi connectivity index (χ0v) is 40.2. The average molecular weight is 874 g/mol. The molecule has 0 radical (unpaired) electrons. The molecule has 61 heavy (non-hydrogen) atoms. The number of quaternary nitrogens is 1. The summed E-state index contributed by atoms with van der Waals surface area (Å²) < 4.78 is 33.9. The van der Waals surface area contributed by atoms with Crippen molar-refractivity contribution >= 4 is 19.8 Å². The number of carbonyl (C=O) groups excluding carboxylic acids is 2. The highest BCUT2D eigenvalue weighted by Crippen LogP contribution is 2.38. The Morgan fingerprint density at radius 2 is 0.934 bits per heavy atom. The summed E-state index contributed by atoms with van der Waals surface area (Å²) in [6, 6.07) is 0. The van der Waals surface area contributed by atoms with Gasteiger partial charge in [-0.05, 0) is 64.2 Å². The number of hydrogen-bond acceptors (Lipinski definition) is 8. The van der Waals surface area contributed by atoms with Crippen LogP contribution < -0.4 is 4.89 Å². The molecule has 0 N–H and O–H groups in total. The normalized spacial score (nSPS) is 14.3. The van der Waals surface area contributed by atoms with Gasteiger partial charge in [0.2, 0.25) is 0 Å². The van der Waals surface area contributed by atoms with Crippen LogP contribution in [0.2, 0.25) is 0 Å². The number of rotatable bonds is 42. The minimum Gasteiger partial charge on any atom is -0.756 e. The van der Waals surface area contributed by atoms with Crippen molar-refractivity contribution < 1.29 is 42.1 Å². The molecule has 9 nitrogen and oxygen atoms in total. The first-order chi connectivity index (χ1) is 29.5. The highest BCUT2D eigenvalue weighted by Gasteiger charge is 2.21. The predicted octanol–water partition coefficient (Wildman–Crippen LogP) is 13.3. The zero-order chi connectivity index (χ0) is 45.0. The number of hydrogen-bond donors (Lipinski definition) is 0. The van der Waals surface area contributed by atoms with Crippen LogP contribution in [0.25, 0.3) is 0 Å². The number of ether oxygens (including phenoxy) is 2. The van der Waals surface area contributed by atoms with E-state index in [-0.39, 0.29) is 26.1 Å². The van der Waals surface area contributed by atoms with Gasteiger partial charge in [-0.3, -0.25) is 14.2 Å². The largest absolute Gasteiger partial charge is 0.756 e. The second-order valence-electron chi connectivity index (χ2n) is 16.7. The van der Waals surface area contributed by atoms with Gasteiger partial charge in [0, 0.05) is 12.8 Å². The fourth-order valence-corrected chi connectivity index (χ4v) is 6.72. The first-order valence-electron chi connectivity index (χ1n) is 23.8. The number of phosphoric ester groups is 1.